The number of para-hydroxylation sites is 1. The Hall–Kier alpha value is -1.86. The lowest BCUT2D eigenvalue weighted by atomic mass is 10.2. The first-order chi connectivity index (χ1) is 7.83. The molecule has 1 rings (SSSR count). The fraction of sp³-hybridized carbons (Fsp3) is 0.222. The van der Waals surface area contributed by atoms with Crippen LogP contribution in [0.2, 0.25) is 0 Å². The second-order valence-electron chi connectivity index (χ2n) is 2.72. The van der Waals surface area contributed by atoms with Gasteiger partial charge in [0.1, 0.15) is 0 Å². The summed E-state index contributed by atoms with van der Waals surface area (Å²) in [7, 11) is 0. The molecule has 0 bridgehead atoms. The molecule has 0 N–H and O–H groups in total. The lowest BCUT2D eigenvalue weighted by molar-refractivity contribution is -0.275. The molecule has 0 aliphatic heterocycles. The molecule has 0 radical (unpaired) electrons. The molecule has 3 nitrogen and oxygen atoms in total. The molecule has 0 heterocycles. The van der Waals surface area contributed by atoms with Crippen LogP contribution in [0.4, 0.5) is 22.0 Å². The van der Waals surface area contributed by atoms with Gasteiger partial charge in [-0.1, -0.05) is 6.07 Å². The molecule has 0 unspecified atom stereocenters. The summed E-state index contributed by atoms with van der Waals surface area (Å²) in [5, 5.41) is 0. The standard InChI is InChI=1S/C9H5F5O3/c10-8(11)16-7-5(4-15)2-1-3-6(7)17-9(12,13)14/h1-4,8H. The van der Waals surface area contributed by atoms with Crippen molar-refractivity contribution in [3.63, 3.8) is 0 Å². The minimum absolute atomic E-state index is 0.0843. The normalized spacial score (nSPS) is 11.4. The molecule has 1 aromatic carbocycles. The van der Waals surface area contributed by atoms with E-state index in [1.54, 1.807) is 0 Å². The Labute approximate surface area is 91.7 Å². The van der Waals surface area contributed by atoms with Gasteiger partial charge < -0.3 is 9.47 Å². The van der Waals surface area contributed by atoms with E-state index in [2.05, 4.69) is 9.47 Å². The number of rotatable bonds is 4. The maximum atomic E-state index is 12.0. The van der Waals surface area contributed by atoms with Gasteiger partial charge in [-0.25, -0.2) is 0 Å². The molecule has 0 spiro atoms. The highest BCUT2D eigenvalue weighted by Crippen LogP contribution is 2.35. The Morgan fingerprint density at radius 3 is 2.35 bits per heavy atom. The molecular formula is C9H5F5O3. The summed E-state index contributed by atoms with van der Waals surface area (Å²) in [6.45, 7) is -3.37. The zero-order chi connectivity index (χ0) is 13.1. The van der Waals surface area contributed by atoms with E-state index in [1.807, 2.05) is 0 Å². The van der Waals surface area contributed by atoms with Crippen LogP contribution in [0.15, 0.2) is 18.2 Å². The predicted molar refractivity (Wildman–Crippen MR) is 45.1 cm³/mol. The lowest BCUT2D eigenvalue weighted by Gasteiger charge is -2.14. The molecule has 0 aromatic heterocycles. The zero-order valence-electron chi connectivity index (χ0n) is 8.00. The van der Waals surface area contributed by atoms with E-state index in [0.29, 0.717) is 0 Å². The minimum atomic E-state index is -5.07. The molecule has 17 heavy (non-hydrogen) atoms. The summed E-state index contributed by atoms with van der Waals surface area (Å²) in [5.74, 6) is -1.95. The van der Waals surface area contributed by atoms with E-state index in [0.717, 1.165) is 18.2 Å². The van der Waals surface area contributed by atoms with Gasteiger partial charge in [0.05, 0.1) is 5.56 Å². The van der Waals surface area contributed by atoms with E-state index < -0.39 is 30.0 Å². The monoisotopic (exact) mass is 256 g/mol. The number of aldehydes is 1. The Kier molecular flexibility index (Phi) is 3.87. The van der Waals surface area contributed by atoms with Crippen LogP contribution >= 0.6 is 0 Å². The van der Waals surface area contributed by atoms with Crippen molar-refractivity contribution in [1.29, 1.82) is 0 Å². The van der Waals surface area contributed by atoms with Crippen LogP contribution < -0.4 is 9.47 Å². The van der Waals surface area contributed by atoms with Gasteiger partial charge in [-0.2, -0.15) is 8.78 Å². The Morgan fingerprint density at radius 1 is 1.24 bits per heavy atom. The average molecular weight is 256 g/mol. The number of ether oxygens (including phenoxy) is 2. The van der Waals surface area contributed by atoms with Gasteiger partial charge in [0.15, 0.2) is 17.8 Å². The predicted octanol–water partition coefficient (Wildman–Crippen LogP) is 3.00. The van der Waals surface area contributed by atoms with Crippen molar-refractivity contribution < 1.29 is 36.2 Å². The first-order valence-corrected chi connectivity index (χ1v) is 4.12. The van der Waals surface area contributed by atoms with Crippen molar-refractivity contribution in [3.8, 4) is 11.5 Å². The van der Waals surface area contributed by atoms with Crippen LogP contribution in [0.3, 0.4) is 0 Å². The Balaban J connectivity index is 3.14. The first kappa shape index (κ1) is 13.2. The summed E-state index contributed by atoms with van der Waals surface area (Å²) in [6, 6.07) is 2.83. The number of hydrogen-bond donors (Lipinski definition) is 0. The fourth-order valence-corrected chi connectivity index (χ4v) is 1.05. The quantitative estimate of drug-likeness (QED) is 0.613. The number of carbonyl (C=O) groups excluding carboxylic acids is 1. The van der Waals surface area contributed by atoms with Gasteiger partial charge in [-0.05, 0) is 12.1 Å². The van der Waals surface area contributed by atoms with Crippen molar-refractivity contribution in [2.75, 3.05) is 0 Å². The fourth-order valence-electron chi connectivity index (χ4n) is 1.05. The highest BCUT2D eigenvalue weighted by molar-refractivity contribution is 5.81. The van der Waals surface area contributed by atoms with Crippen LogP contribution in [-0.4, -0.2) is 19.3 Å². The zero-order valence-corrected chi connectivity index (χ0v) is 8.00. The number of hydrogen-bond acceptors (Lipinski definition) is 3. The second kappa shape index (κ2) is 4.98. The lowest BCUT2D eigenvalue weighted by Crippen LogP contribution is -2.18. The summed E-state index contributed by atoms with van der Waals surface area (Å²) in [5.41, 5.74) is -0.466. The van der Waals surface area contributed by atoms with Crippen LogP contribution in [0.1, 0.15) is 10.4 Å². The van der Waals surface area contributed by atoms with Gasteiger partial charge >= 0.3 is 13.0 Å². The highest BCUT2D eigenvalue weighted by Gasteiger charge is 2.33. The number of alkyl halides is 5. The second-order valence-corrected chi connectivity index (χ2v) is 2.72. The Bertz CT molecular complexity index is 402. The summed E-state index contributed by atoms with van der Waals surface area (Å²) < 4.78 is 67.1. The maximum Gasteiger partial charge on any atom is 0.573 e. The first-order valence-electron chi connectivity index (χ1n) is 4.12. The molecule has 0 fully saturated rings. The molecule has 0 atom stereocenters. The molecule has 8 heteroatoms. The van der Waals surface area contributed by atoms with Crippen LogP contribution in [0, 0.1) is 0 Å². The van der Waals surface area contributed by atoms with Crippen molar-refractivity contribution >= 4 is 6.29 Å². The van der Waals surface area contributed by atoms with Crippen molar-refractivity contribution in [3.05, 3.63) is 23.8 Å². The number of benzene rings is 1. The molecule has 0 amide bonds. The van der Waals surface area contributed by atoms with Gasteiger partial charge in [0.2, 0.25) is 0 Å². The van der Waals surface area contributed by atoms with Gasteiger partial charge in [-0.15, -0.1) is 13.2 Å². The molecule has 94 valence electrons. The van der Waals surface area contributed by atoms with Crippen LogP contribution in [-0.2, 0) is 0 Å². The van der Waals surface area contributed by atoms with E-state index in [9.17, 15) is 26.7 Å². The minimum Gasteiger partial charge on any atom is -0.430 e. The molecule has 1 aromatic rings. The molecule has 0 aliphatic rings. The summed E-state index contributed by atoms with van der Waals surface area (Å²) in [4.78, 5) is 10.5. The molecule has 0 aliphatic carbocycles. The van der Waals surface area contributed by atoms with Crippen molar-refractivity contribution in [2.24, 2.45) is 0 Å². The van der Waals surface area contributed by atoms with Crippen LogP contribution in [0.5, 0.6) is 11.5 Å². The third-order valence-electron chi connectivity index (χ3n) is 1.57. The smallest absolute Gasteiger partial charge is 0.430 e. The van der Waals surface area contributed by atoms with Crippen molar-refractivity contribution in [2.45, 2.75) is 13.0 Å². The maximum absolute atomic E-state index is 12.0. The average Bonchev–Trinajstić information content (AvgIpc) is 2.17. The topological polar surface area (TPSA) is 35.5 Å². The van der Waals surface area contributed by atoms with Crippen molar-refractivity contribution in [1.82, 2.24) is 0 Å². The van der Waals surface area contributed by atoms with E-state index >= 15 is 0 Å². The number of carbonyl (C=O) groups is 1. The molecule has 0 saturated heterocycles. The van der Waals surface area contributed by atoms with E-state index in [-0.39, 0.29) is 6.29 Å². The van der Waals surface area contributed by atoms with E-state index in [1.165, 1.54) is 0 Å². The number of halogens is 5. The van der Waals surface area contributed by atoms with Gasteiger partial charge in [-0.3, -0.25) is 4.79 Å². The SMILES string of the molecule is O=Cc1cccc(OC(F)(F)F)c1OC(F)F. The third kappa shape index (κ3) is 3.89. The highest BCUT2D eigenvalue weighted by atomic mass is 19.4. The van der Waals surface area contributed by atoms with E-state index in [4.69, 9.17) is 0 Å². The summed E-state index contributed by atoms with van der Waals surface area (Å²) >= 11 is 0. The Morgan fingerprint density at radius 2 is 1.88 bits per heavy atom. The van der Waals surface area contributed by atoms with Crippen LogP contribution in [0.25, 0.3) is 0 Å². The largest absolute Gasteiger partial charge is 0.573 e. The third-order valence-corrected chi connectivity index (χ3v) is 1.57. The van der Waals surface area contributed by atoms with Gasteiger partial charge in [0.25, 0.3) is 0 Å². The molecular weight excluding hydrogens is 251 g/mol. The molecule has 0 saturated carbocycles. The van der Waals surface area contributed by atoms with Gasteiger partial charge in [0, 0.05) is 0 Å². The summed E-state index contributed by atoms with van der Waals surface area (Å²) in [6.07, 6.45) is -4.98.